The highest BCUT2D eigenvalue weighted by Gasteiger charge is 2.51. The van der Waals surface area contributed by atoms with Crippen molar-refractivity contribution in [1.82, 2.24) is 20.1 Å². The number of amides is 1. The monoisotopic (exact) mass is 396 g/mol. The van der Waals surface area contributed by atoms with Gasteiger partial charge in [-0.05, 0) is 68.8 Å². The zero-order valence-electron chi connectivity index (χ0n) is 16.6. The first-order valence-corrected chi connectivity index (χ1v) is 11.4. The Labute approximate surface area is 170 Å². The van der Waals surface area contributed by atoms with E-state index in [0.717, 1.165) is 34.3 Å². The maximum absolute atomic E-state index is 12.8. The summed E-state index contributed by atoms with van der Waals surface area (Å²) in [5, 5.41) is 12.9. The van der Waals surface area contributed by atoms with Crippen LogP contribution in [0.4, 0.5) is 0 Å². The molecule has 1 aromatic heterocycles. The van der Waals surface area contributed by atoms with Gasteiger partial charge in [-0.1, -0.05) is 36.0 Å². The lowest BCUT2D eigenvalue weighted by atomic mass is 9.53. The molecule has 148 valence electrons. The third-order valence-electron chi connectivity index (χ3n) is 7.00. The molecule has 4 aliphatic carbocycles. The van der Waals surface area contributed by atoms with Crippen LogP contribution in [-0.2, 0) is 11.8 Å². The zero-order valence-corrected chi connectivity index (χ0v) is 17.5. The molecule has 1 N–H and O–H groups in total. The Balaban J connectivity index is 1.24. The molecule has 28 heavy (non-hydrogen) atoms. The highest BCUT2D eigenvalue weighted by molar-refractivity contribution is 7.99. The molecule has 0 spiro atoms. The number of benzene rings is 1. The molecule has 6 rings (SSSR count). The number of nitrogens with zero attached hydrogens (tertiary/aromatic N) is 3. The minimum absolute atomic E-state index is 0.0819. The number of rotatable bonds is 5. The molecule has 1 aromatic carbocycles. The van der Waals surface area contributed by atoms with Crippen molar-refractivity contribution in [2.45, 2.75) is 56.1 Å². The summed E-state index contributed by atoms with van der Waals surface area (Å²) in [7, 11) is 1.97. The lowest BCUT2D eigenvalue weighted by molar-refractivity contribution is -0.124. The molecule has 0 radical (unpaired) electrons. The minimum atomic E-state index is 0.0819. The van der Waals surface area contributed by atoms with E-state index in [1.165, 1.54) is 55.9 Å². The molecule has 6 heteroatoms. The zero-order chi connectivity index (χ0) is 19.3. The standard InChI is InChI=1S/C22H28N4OS/c1-14-5-3-4-6-18(14)20-24-25-21(26(20)2)28-13-19(27)23-22-10-15-7-16(11-22)9-17(8-15)12-22/h3-6,15-17H,7-13H2,1-2H3,(H,23,27). The van der Waals surface area contributed by atoms with Gasteiger partial charge in [0, 0.05) is 18.2 Å². The van der Waals surface area contributed by atoms with E-state index in [4.69, 9.17) is 0 Å². The van der Waals surface area contributed by atoms with Gasteiger partial charge >= 0.3 is 0 Å². The number of aryl methyl sites for hydroxylation is 1. The summed E-state index contributed by atoms with van der Waals surface area (Å²) < 4.78 is 1.99. The fourth-order valence-corrected chi connectivity index (χ4v) is 6.94. The number of hydrogen-bond donors (Lipinski definition) is 1. The van der Waals surface area contributed by atoms with E-state index in [9.17, 15) is 4.79 Å². The molecular weight excluding hydrogens is 368 g/mol. The molecule has 4 bridgehead atoms. The lowest BCUT2D eigenvalue weighted by Crippen LogP contribution is -2.60. The Bertz CT molecular complexity index is 870. The number of hydrogen-bond acceptors (Lipinski definition) is 4. The normalized spacial score (nSPS) is 30.6. The Morgan fingerprint density at radius 3 is 2.43 bits per heavy atom. The second-order valence-electron chi connectivity index (χ2n) is 9.21. The molecule has 0 atom stereocenters. The van der Waals surface area contributed by atoms with Crippen LogP contribution in [0.15, 0.2) is 29.4 Å². The molecule has 1 amide bonds. The fourth-order valence-electron chi connectivity index (χ4n) is 6.22. The average molecular weight is 397 g/mol. The fraction of sp³-hybridized carbons (Fsp3) is 0.591. The van der Waals surface area contributed by atoms with Crippen LogP contribution < -0.4 is 5.32 Å². The van der Waals surface area contributed by atoms with Gasteiger partial charge in [-0.15, -0.1) is 10.2 Å². The average Bonchev–Trinajstić information content (AvgIpc) is 2.99. The predicted molar refractivity (Wildman–Crippen MR) is 111 cm³/mol. The van der Waals surface area contributed by atoms with Gasteiger partial charge in [-0.25, -0.2) is 0 Å². The third-order valence-corrected chi connectivity index (χ3v) is 8.02. The Hall–Kier alpha value is -1.82. The van der Waals surface area contributed by atoms with Crippen molar-refractivity contribution in [3.63, 3.8) is 0 Å². The highest BCUT2D eigenvalue weighted by atomic mass is 32.2. The van der Waals surface area contributed by atoms with E-state index in [1.807, 2.05) is 23.7 Å². The van der Waals surface area contributed by atoms with Gasteiger partial charge in [-0.2, -0.15) is 0 Å². The second kappa shape index (κ2) is 6.90. The Morgan fingerprint density at radius 2 is 1.79 bits per heavy atom. The maximum Gasteiger partial charge on any atom is 0.230 e. The number of thioether (sulfide) groups is 1. The van der Waals surface area contributed by atoms with Crippen LogP contribution >= 0.6 is 11.8 Å². The van der Waals surface area contributed by atoms with Crippen LogP contribution in [-0.4, -0.2) is 32.0 Å². The Kier molecular flexibility index (Phi) is 4.49. The summed E-state index contributed by atoms with van der Waals surface area (Å²) in [4.78, 5) is 12.8. The summed E-state index contributed by atoms with van der Waals surface area (Å²) in [5.74, 6) is 3.93. The van der Waals surface area contributed by atoms with E-state index >= 15 is 0 Å². The number of nitrogens with one attached hydrogen (secondary N) is 1. The van der Waals surface area contributed by atoms with Gasteiger partial charge in [0.15, 0.2) is 11.0 Å². The molecule has 2 aromatic rings. The summed E-state index contributed by atoms with van der Waals surface area (Å²) in [6.07, 6.45) is 7.75. The van der Waals surface area contributed by atoms with E-state index in [-0.39, 0.29) is 11.4 Å². The quantitative estimate of drug-likeness (QED) is 0.777. The maximum atomic E-state index is 12.8. The molecule has 4 saturated carbocycles. The van der Waals surface area contributed by atoms with Crippen LogP contribution in [0.3, 0.4) is 0 Å². The summed E-state index contributed by atoms with van der Waals surface area (Å²) in [6, 6.07) is 8.19. The molecular formula is C22H28N4OS. The van der Waals surface area contributed by atoms with Crippen molar-refractivity contribution in [3.8, 4) is 11.4 Å². The van der Waals surface area contributed by atoms with Crippen molar-refractivity contribution in [1.29, 1.82) is 0 Å². The van der Waals surface area contributed by atoms with Gasteiger partial charge in [0.25, 0.3) is 0 Å². The summed E-state index contributed by atoms with van der Waals surface area (Å²) in [5.41, 5.74) is 2.34. The predicted octanol–water partition coefficient (Wildman–Crippen LogP) is 3.97. The first-order valence-electron chi connectivity index (χ1n) is 10.4. The molecule has 4 aliphatic rings. The van der Waals surface area contributed by atoms with Crippen LogP contribution in [0, 0.1) is 24.7 Å². The van der Waals surface area contributed by atoms with E-state index < -0.39 is 0 Å². The molecule has 5 nitrogen and oxygen atoms in total. The molecule has 1 heterocycles. The number of carbonyl (C=O) groups excluding carboxylic acids is 1. The summed E-state index contributed by atoms with van der Waals surface area (Å²) in [6.45, 7) is 2.08. The van der Waals surface area contributed by atoms with Crippen molar-refractivity contribution in [3.05, 3.63) is 29.8 Å². The molecule has 4 fully saturated rings. The SMILES string of the molecule is Cc1ccccc1-c1nnc(SCC(=O)NC23CC4CC(CC(C4)C2)C3)n1C. The van der Waals surface area contributed by atoms with E-state index in [2.05, 4.69) is 34.6 Å². The molecule has 0 aliphatic heterocycles. The second-order valence-corrected chi connectivity index (χ2v) is 10.2. The van der Waals surface area contributed by atoms with Gasteiger partial charge in [0.05, 0.1) is 5.75 Å². The van der Waals surface area contributed by atoms with Gasteiger partial charge in [0.2, 0.25) is 5.91 Å². The molecule has 0 unspecified atom stereocenters. The third kappa shape index (κ3) is 3.25. The first-order chi connectivity index (χ1) is 13.5. The number of carbonyl (C=O) groups is 1. The van der Waals surface area contributed by atoms with Crippen LogP contribution in [0.2, 0.25) is 0 Å². The summed E-state index contributed by atoms with van der Waals surface area (Å²) >= 11 is 1.48. The first kappa shape index (κ1) is 18.2. The smallest absolute Gasteiger partial charge is 0.230 e. The van der Waals surface area contributed by atoms with Crippen molar-refractivity contribution in [2.75, 3.05) is 5.75 Å². The van der Waals surface area contributed by atoms with Crippen LogP contribution in [0.1, 0.15) is 44.1 Å². The van der Waals surface area contributed by atoms with E-state index in [0.29, 0.717) is 5.75 Å². The van der Waals surface area contributed by atoms with Crippen LogP contribution in [0.25, 0.3) is 11.4 Å². The molecule has 0 saturated heterocycles. The topological polar surface area (TPSA) is 59.8 Å². The van der Waals surface area contributed by atoms with Crippen molar-refractivity contribution < 1.29 is 4.79 Å². The van der Waals surface area contributed by atoms with Crippen LogP contribution in [0.5, 0.6) is 0 Å². The van der Waals surface area contributed by atoms with Crippen molar-refractivity contribution in [2.24, 2.45) is 24.8 Å². The van der Waals surface area contributed by atoms with Crippen molar-refractivity contribution >= 4 is 17.7 Å². The minimum Gasteiger partial charge on any atom is -0.350 e. The van der Waals surface area contributed by atoms with E-state index in [1.54, 1.807) is 0 Å². The van der Waals surface area contributed by atoms with Gasteiger partial charge in [0.1, 0.15) is 0 Å². The highest BCUT2D eigenvalue weighted by Crippen LogP contribution is 2.55. The van der Waals surface area contributed by atoms with Gasteiger partial charge in [-0.3, -0.25) is 4.79 Å². The number of aromatic nitrogens is 3. The Morgan fingerprint density at radius 1 is 1.14 bits per heavy atom. The van der Waals surface area contributed by atoms with Gasteiger partial charge < -0.3 is 9.88 Å². The lowest BCUT2D eigenvalue weighted by Gasteiger charge is -2.56. The largest absolute Gasteiger partial charge is 0.350 e.